The molecule has 140 valence electrons. The molecule has 0 aliphatic carbocycles. The van der Waals surface area contributed by atoms with Crippen molar-refractivity contribution in [1.29, 1.82) is 5.26 Å². The third kappa shape index (κ3) is 6.42. The maximum Gasteiger partial charge on any atom is 0.349 e. The van der Waals surface area contributed by atoms with Crippen molar-refractivity contribution in [2.24, 2.45) is 0 Å². The highest BCUT2D eigenvalue weighted by Gasteiger charge is 2.19. The molecule has 0 aliphatic heterocycles. The lowest BCUT2D eigenvalue weighted by Gasteiger charge is -2.12. The number of carbonyl (C=O) groups is 1. The number of benzene rings is 2. The number of unbranched alkanes of at least 4 members (excludes halogenated alkanes) is 5. The summed E-state index contributed by atoms with van der Waals surface area (Å²) in [5.41, 5.74) is 2.33. The van der Waals surface area contributed by atoms with Gasteiger partial charge in [0.15, 0.2) is 0 Å². The van der Waals surface area contributed by atoms with Crippen LogP contribution in [0.4, 0.5) is 0 Å². The van der Waals surface area contributed by atoms with Crippen LogP contribution in [-0.2, 0) is 9.53 Å². The third-order valence-corrected chi connectivity index (χ3v) is 4.42. The second-order valence-electron chi connectivity index (χ2n) is 6.50. The molecule has 0 bridgehead atoms. The molecule has 2 aromatic rings. The van der Waals surface area contributed by atoms with E-state index in [1.165, 1.54) is 19.3 Å². The molecule has 0 saturated heterocycles. The Labute approximate surface area is 162 Å². The summed E-state index contributed by atoms with van der Waals surface area (Å²) >= 11 is 0. The Morgan fingerprint density at radius 2 is 1.37 bits per heavy atom. The van der Waals surface area contributed by atoms with Gasteiger partial charge in [-0.1, -0.05) is 99.7 Å². The molecular weight excluding hydrogens is 334 g/mol. The second kappa shape index (κ2) is 11.7. The highest BCUT2D eigenvalue weighted by molar-refractivity contribution is 6.05. The van der Waals surface area contributed by atoms with Gasteiger partial charge in [0.25, 0.3) is 0 Å². The molecule has 0 saturated carbocycles. The number of esters is 1. The van der Waals surface area contributed by atoms with Crippen LogP contribution >= 0.6 is 0 Å². The highest BCUT2D eigenvalue weighted by atomic mass is 16.5. The van der Waals surface area contributed by atoms with Gasteiger partial charge >= 0.3 is 5.97 Å². The van der Waals surface area contributed by atoms with Crippen molar-refractivity contribution in [1.82, 2.24) is 0 Å². The van der Waals surface area contributed by atoms with E-state index >= 15 is 0 Å². The van der Waals surface area contributed by atoms with E-state index in [2.05, 4.69) is 13.0 Å². The fourth-order valence-corrected chi connectivity index (χ4v) is 2.99. The van der Waals surface area contributed by atoms with Crippen LogP contribution in [0.15, 0.2) is 66.2 Å². The summed E-state index contributed by atoms with van der Waals surface area (Å²) in [7, 11) is 0. The molecule has 0 spiro atoms. The van der Waals surface area contributed by atoms with E-state index in [4.69, 9.17) is 4.74 Å². The van der Waals surface area contributed by atoms with Crippen molar-refractivity contribution in [3.05, 3.63) is 77.4 Å². The van der Waals surface area contributed by atoms with E-state index in [-0.39, 0.29) is 5.57 Å². The number of rotatable bonds is 10. The zero-order valence-corrected chi connectivity index (χ0v) is 16.0. The van der Waals surface area contributed by atoms with Crippen LogP contribution in [-0.4, -0.2) is 12.6 Å². The molecule has 3 heteroatoms. The van der Waals surface area contributed by atoms with Crippen LogP contribution in [0.3, 0.4) is 0 Å². The highest BCUT2D eigenvalue weighted by Crippen LogP contribution is 2.27. The van der Waals surface area contributed by atoms with Gasteiger partial charge in [0.1, 0.15) is 11.6 Å². The first-order chi connectivity index (χ1) is 13.3. The van der Waals surface area contributed by atoms with Gasteiger partial charge in [-0.25, -0.2) is 4.79 Å². The second-order valence-corrected chi connectivity index (χ2v) is 6.50. The summed E-state index contributed by atoms with van der Waals surface area (Å²) in [5, 5.41) is 9.68. The van der Waals surface area contributed by atoms with Crippen LogP contribution in [0.5, 0.6) is 0 Å². The van der Waals surface area contributed by atoms with Crippen molar-refractivity contribution in [2.45, 2.75) is 45.4 Å². The Morgan fingerprint density at radius 1 is 0.852 bits per heavy atom. The van der Waals surface area contributed by atoms with E-state index < -0.39 is 5.97 Å². The topological polar surface area (TPSA) is 50.1 Å². The van der Waals surface area contributed by atoms with Crippen LogP contribution < -0.4 is 0 Å². The monoisotopic (exact) mass is 361 g/mol. The number of hydrogen-bond acceptors (Lipinski definition) is 3. The fraction of sp³-hybridized carbons (Fsp3) is 0.333. The number of ether oxygens (including phenoxy) is 1. The summed E-state index contributed by atoms with van der Waals surface area (Å²) in [6, 6.07) is 21.1. The smallest absolute Gasteiger partial charge is 0.349 e. The van der Waals surface area contributed by atoms with E-state index in [0.29, 0.717) is 12.2 Å². The van der Waals surface area contributed by atoms with Gasteiger partial charge < -0.3 is 4.74 Å². The molecule has 3 nitrogen and oxygen atoms in total. The van der Waals surface area contributed by atoms with E-state index in [1.807, 2.05) is 60.7 Å². The van der Waals surface area contributed by atoms with Crippen molar-refractivity contribution < 1.29 is 9.53 Å². The molecule has 2 rings (SSSR count). The predicted octanol–water partition coefficient (Wildman–Crippen LogP) is 5.92. The van der Waals surface area contributed by atoms with Gasteiger partial charge in [-0.15, -0.1) is 0 Å². The molecule has 0 aromatic heterocycles. The third-order valence-electron chi connectivity index (χ3n) is 4.42. The van der Waals surface area contributed by atoms with Gasteiger partial charge in [0.05, 0.1) is 6.61 Å². The van der Waals surface area contributed by atoms with Gasteiger partial charge in [0.2, 0.25) is 0 Å². The molecular formula is C24H27NO2. The summed E-state index contributed by atoms with van der Waals surface area (Å²) in [6.45, 7) is 2.54. The first-order valence-electron chi connectivity index (χ1n) is 9.70. The first kappa shape index (κ1) is 20.5. The van der Waals surface area contributed by atoms with Crippen molar-refractivity contribution in [2.75, 3.05) is 6.61 Å². The Hall–Kier alpha value is -2.86. The summed E-state index contributed by atoms with van der Waals surface area (Å²) in [5.74, 6) is -0.547. The molecule has 0 radical (unpaired) electrons. The molecule has 0 amide bonds. The minimum atomic E-state index is -0.547. The maximum absolute atomic E-state index is 12.6. The number of nitrogens with zero attached hydrogens (tertiary/aromatic N) is 1. The minimum absolute atomic E-state index is 0.0541. The molecule has 0 atom stereocenters. The number of hydrogen-bond donors (Lipinski definition) is 0. The van der Waals surface area contributed by atoms with Crippen molar-refractivity contribution in [3.8, 4) is 6.07 Å². The Kier molecular flexibility index (Phi) is 8.86. The quantitative estimate of drug-likeness (QED) is 0.228. The van der Waals surface area contributed by atoms with Crippen LogP contribution in [0.1, 0.15) is 56.6 Å². The van der Waals surface area contributed by atoms with Crippen molar-refractivity contribution in [3.63, 3.8) is 0 Å². The Balaban J connectivity index is 2.14. The standard InChI is InChI=1S/C24H27NO2/c1-2-3-4-5-6-13-18-27-24(26)22(19-25)23(20-14-9-7-10-15-20)21-16-11-8-12-17-21/h7-12,14-17H,2-6,13,18H2,1H3. The Morgan fingerprint density at radius 3 is 1.89 bits per heavy atom. The van der Waals surface area contributed by atoms with E-state index in [9.17, 15) is 10.1 Å². The summed E-state index contributed by atoms with van der Waals surface area (Å²) in [6.07, 6.45) is 6.72. The SMILES string of the molecule is CCCCCCCCOC(=O)C(C#N)=C(c1ccccc1)c1ccccc1. The lowest BCUT2D eigenvalue weighted by atomic mass is 9.93. The molecule has 0 heterocycles. The largest absolute Gasteiger partial charge is 0.462 e. The normalized spacial score (nSPS) is 10.1. The lowest BCUT2D eigenvalue weighted by Crippen LogP contribution is -2.11. The van der Waals surface area contributed by atoms with Gasteiger partial charge in [-0.3, -0.25) is 0 Å². The summed E-state index contributed by atoms with van der Waals surface area (Å²) in [4.78, 5) is 12.6. The zero-order valence-electron chi connectivity index (χ0n) is 16.0. The molecule has 27 heavy (non-hydrogen) atoms. The average molecular weight is 361 g/mol. The van der Waals surface area contributed by atoms with Gasteiger partial charge in [0, 0.05) is 5.57 Å². The van der Waals surface area contributed by atoms with Gasteiger partial charge in [-0.2, -0.15) is 5.26 Å². The molecule has 0 unspecified atom stereocenters. The molecule has 0 aliphatic rings. The molecule has 2 aromatic carbocycles. The minimum Gasteiger partial charge on any atom is -0.462 e. The number of carbonyl (C=O) groups excluding carboxylic acids is 1. The van der Waals surface area contributed by atoms with Gasteiger partial charge in [-0.05, 0) is 17.5 Å². The first-order valence-corrected chi connectivity index (χ1v) is 9.70. The summed E-state index contributed by atoms with van der Waals surface area (Å²) < 4.78 is 5.41. The number of nitriles is 1. The molecule has 0 fully saturated rings. The molecule has 0 N–H and O–H groups in total. The van der Waals surface area contributed by atoms with Crippen LogP contribution in [0.25, 0.3) is 5.57 Å². The predicted molar refractivity (Wildman–Crippen MR) is 109 cm³/mol. The fourth-order valence-electron chi connectivity index (χ4n) is 2.99. The van der Waals surface area contributed by atoms with Crippen molar-refractivity contribution >= 4 is 11.5 Å². The van der Waals surface area contributed by atoms with E-state index in [1.54, 1.807) is 0 Å². The zero-order chi connectivity index (χ0) is 19.3. The van der Waals surface area contributed by atoms with E-state index in [0.717, 1.165) is 30.4 Å². The lowest BCUT2D eigenvalue weighted by molar-refractivity contribution is -0.138. The van der Waals surface area contributed by atoms with Crippen LogP contribution in [0, 0.1) is 11.3 Å². The Bertz CT molecular complexity index is 732. The van der Waals surface area contributed by atoms with Crippen LogP contribution in [0.2, 0.25) is 0 Å². The maximum atomic E-state index is 12.6. The average Bonchev–Trinajstić information content (AvgIpc) is 2.72.